The lowest BCUT2D eigenvalue weighted by molar-refractivity contribution is -0.134. The number of rotatable bonds is 3. The summed E-state index contributed by atoms with van der Waals surface area (Å²) >= 11 is 0. The maximum atomic E-state index is 11.0. The second-order valence-corrected chi connectivity index (χ2v) is 2.68. The first kappa shape index (κ1) is 10.3. The van der Waals surface area contributed by atoms with Crippen LogP contribution in [0.25, 0.3) is 0 Å². The lowest BCUT2D eigenvalue weighted by Gasteiger charge is -2.17. The molecule has 0 bridgehead atoms. The van der Waals surface area contributed by atoms with E-state index in [1.165, 1.54) is 13.8 Å². The van der Waals surface area contributed by atoms with E-state index in [-0.39, 0.29) is 0 Å². The molecule has 0 aliphatic heterocycles. The number of amides is 1. The Morgan fingerprint density at radius 3 is 2.42 bits per heavy atom. The lowest BCUT2D eigenvalue weighted by atomic mass is 10.0. The van der Waals surface area contributed by atoms with Crippen LogP contribution in [0.15, 0.2) is 0 Å². The zero-order chi connectivity index (χ0) is 9.78. The van der Waals surface area contributed by atoms with E-state index in [0.29, 0.717) is 0 Å². The quantitative estimate of drug-likeness (QED) is 0.315. The number of nitrogens with one attached hydrogen (secondary N) is 2. The average Bonchev–Trinajstić information content (AvgIpc) is 1.85. The van der Waals surface area contributed by atoms with Crippen LogP contribution in [0.3, 0.4) is 0 Å². The van der Waals surface area contributed by atoms with Crippen molar-refractivity contribution in [3.8, 4) is 0 Å². The maximum absolute atomic E-state index is 11.0. The van der Waals surface area contributed by atoms with Gasteiger partial charge in [-0.05, 0) is 13.8 Å². The summed E-state index contributed by atoms with van der Waals surface area (Å²) in [6, 6.07) is 0. The number of carboxylic acid groups (broad SMARTS) is 1. The summed E-state index contributed by atoms with van der Waals surface area (Å²) in [4.78, 5) is 23.9. The third-order valence-electron chi connectivity index (χ3n) is 1.22. The molecule has 0 atom stereocenters. The molecule has 0 aromatic heterocycles. The fourth-order valence-corrected chi connectivity index (χ4v) is 0.549. The van der Waals surface area contributed by atoms with Crippen LogP contribution in [0.4, 0.5) is 4.79 Å². The van der Waals surface area contributed by atoms with Gasteiger partial charge in [-0.1, -0.05) is 0 Å². The highest BCUT2D eigenvalue weighted by Crippen LogP contribution is 2.01. The summed E-state index contributed by atoms with van der Waals surface area (Å²) < 4.78 is 0. The Morgan fingerprint density at radius 2 is 2.08 bits per heavy atom. The van der Waals surface area contributed by atoms with Crippen molar-refractivity contribution in [2.24, 2.45) is 0 Å². The minimum Gasteiger partial charge on any atom is -0.465 e. The Labute approximate surface area is 68.8 Å². The Bertz CT molecular complexity index is 253. The molecule has 0 heterocycles. The molecule has 1 amide bonds. The molecule has 0 unspecified atom stereocenters. The van der Waals surface area contributed by atoms with Crippen LogP contribution in [0.1, 0.15) is 13.8 Å². The molecular formula is C6H10N3O3+. The van der Waals surface area contributed by atoms with Gasteiger partial charge in [-0.3, -0.25) is 4.79 Å². The number of hydrogen-bond acceptors (Lipinski definition) is 3. The van der Waals surface area contributed by atoms with Crippen LogP contribution < -0.4 is 5.32 Å². The maximum Gasteiger partial charge on any atom is 0.405 e. The van der Waals surface area contributed by atoms with E-state index in [0.717, 1.165) is 6.21 Å². The van der Waals surface area contributed by atoms with Gasteiger partial charge in [0.25, 0.3) is 5.78 Å². The largest absolute Gasteiger partial charge is 0.465 e. The Balaban J connectivity index is 4.49. The highest BCUT2D eigenvalue weighted by Gasteiger charge is 2.31. The average molecular weight is 172 g/mol. The molecule has 0 saturated carbocycles. The molecule has 6 heteroatoms. The van der Waals surface area contributed by atoms with Crippen molar-refractivity contribution in [3.63, 3.8) is 0 Å². The van der Waals surface area contributed by atoms with Gasteiger partial charge < -0.3 is 10.4 Å². The number of Topliss-reactive ketones (excluding diaryl/α,β-unsaturated/α-hetero) is 1. The summed E-state index contributed by atoms with van der Waals surface area (Å²) in [7, 11) is 0. The number of carbonyl (C=O) groups is 2. The van der Waals surface area contributed by atoms with E-state index in [4.69, 9.17) is 10.6 Å². The highest BCUT2D eigenvalue weighted by atomic mass is 16.4. The first-order chi connectivity index (χ1) is 5.40. The van der Waals surface area contributed by atoms with Crippen LogP contribution in [0.5, 0.6) is 0 Å². The molecular weight excluding hydrogens is 162 g/mol. The Kier molecular flexibility index (Phi) is 3.13. The van der Waals surface area contributed by atoms with Crippen LogP contribution >= 0.6 is 0 Å². The molecule has 0 fully saturated rings. The Hall–Kier alpha value is -1.68. The molecule has 66 valence electrons. The molecule has 0 rings (SSSR count). The molecule has 0 spiro atoms. The summed E-state index contributed by atoms with van der Waals surface area (Å²) in [5.41, 5.74) is 5.14. The zero-order valence-electron chi connectivity index (χ0n) is 6.79. The minimum atomic E-state index is -1.29. The summed E-state index contributed by atoms with van der Waals surface area (Å²) in [6.07, 6.45) is -0.526. The topological polar surface area (TPSA) is 104 Å². The first-order valence-electron chi connectivity index (χ1n) is 3.15. The van der Waals surface area contributed by atoms with Crippen molar-refractivity contribution >= 4 is 18.1 Å². The second-order valence-electron chi connectivity index (χ2n) is 2.68. The summed E-state index contributed by atoms with van der Waals surface area (Å²) in [6.45, 7) is 2.79. The number of ketones is 1. The fourth-order valence-electron chi connectivity index (χ4n) is 0.549. The van der Waals surface area contributed by atoms with Gasteiger partial charge in [0, 0.05) is 0 Å². The number of carbonyl (C=O) groups excluding carboxylic acids is 1. The van der Waals surface area contributed by atoms with Crippen molar-refractivity contribution in [2.75, 3.05) is 0 Å². The standard InChI is InChI=1S/C6H9N3O3/c1-6(2,9-5(11)12)4(10)3-8-7/h3,7,9H,1-2H3/p+1. The van der Waals surface area contributed by atoms with Crippen molar-refractivity contribution in [3.05, 3.63) is 0 Å². The number of nitrogens with zero attached hydrogens (tertiary/aromatic N) is 1. The summed E-state index contributed by atoms with van der Waals surface area (Å²) in [5.74, 6) is -0.556. The van der Waals surface area contributed by atoms with Crippen molar-refractivity contribution in [1.82, 2.24) is 5.32 Å². The third-order valence-corrected chi connectivity index (χ3v) is 1.22. The SMILES string of the molecule is CC(C)(NC(=O)O)C(=O)C=[N+]=N. The molecule has 0 radical (unpaired) electrons. The van der Waals surface area contributed by atoms with Gasteiger partial charge in [0.1, 0.15) is 5.54 Å². The zero-order valence-corrected chi connectivity index (χ0v) is 6.79. The predicted molar refractivity (Wildman–Crippen MR) is 39.3 cm³/mol. The fraction of sp³-hybridized carbons (Fsp3) is 0.500. The van der Waals surface area contributed by atoms with Crippen molar-refractivity contribution < 1.29 is 19.5 Å². The number of hydrogen-bond donors (Lipinski definition) is 3. The highest BCUT2D eigenvalue weighted by molar-refractivity contribution is 6.29. The summed E-state index contributed by atoms with van der Waals surface area (Å²) in [5, 5.41) is 10.3. The molecule has 3 N–H and O–H groups in total. The molecule has 12 heavy (non-hydrogen) atoms. The Morgan fingerprint density at radius 1 is 1.58 bits per heavy atom. The van der Waals surface area contributed by atoms with E-state index in [1.807, 2.05) is 5.32 Å². The van der Waals surface area contributed by atoms with Crippen LogP contribution in [0.2, 0.25) is 0 Å². The third kappa shape index (κ3) is 2.94. The smallest absolute Gasteiger partial charge is 0.405 e. The van der Waals surface area contributed by atoms with Gasteiger partial charge in [0.2, 0.25) is 0 Å². The molecule has 0 saturated heterocycles. The van der Waals surface area contributed by atoms with E-state index in [1.54, 1.807) is 0 Å². The normalized spacial score (nSPS) is 9.83. The van der Waals surface area contributed by atoms with Crippen LogP contribution in [0, 0.1) is 5.53 Å². The van der Waals surface area contributed by atoms with Gasteiger partial charge in [0.15, 0.2) is 0 Å². The van der Waals surface area contributed by atoms with Crippen LogP contribution in [-0.2, 0) is 4.79 Å². The van der Waals surface area contributed by atoms with Gasteiger partial charge in [-0.2, -0.15) is 0 Å². The molecule has 0 aliphatic rings. The van der Waals surface area contributed by atoms with E-state index < -0.39 is 17.4 Å². The van der Waals surface area contributed by atoms with Gasteiger partial charge in [-0.25, -0.2) is 4.79 Å². The van der Waals surface area contributed by atoms with Crippen LogP contribution in [-0.4, -0.2) is 33.5 Å². The molecule has 0 aliphatic carbocycles. The van der Waals surface area contributed by atoms with E-state index in [2.05, 4.69) is 4.79 Å². The minimum absolute atomic E-state index is 0.556. The predicted octanol–water partition coefficient (Wildman–Crippen LogP) is -0.0883. The van der Waals surface area contributed by atoms with Crippen molar-refractivity contribution in [1.29, 1.82) is 5.53 Å². The van der Waals surface area contributed by atoms with Gasteiger partial charge >= 0.3 is 12.3 Å². The van der Waals surface area contributed by atoms with E-state index in [9.17, 15) is 9.59 Å². The molecule has 0 aromatic rings. The molecule has 0 aromatic carbocycles. The van der Waals surface area contributed by atoms with Crippen molar-refractivity contribution in [2.45, 2.75) is 19.4 Å². The monoisotopic (exact) mass is 172 g/mol. The van der Waals surface area contributed by atoms with E-state index >= 15 is 0 Å². The van der Waals surface area contributed by atoms with Gasteiger partial charge in [-0.15, -0.1) is 0 Å². The first-order valence-corrected chi connectivity index (χ1v) is 3.15. The lowest BCUT2D eigenvalue weighted by Crippen LogP contribution is -2.49. The second kappa shape index (κ2) is 3.64. The van der Waals surface area contributed by atoms with Gasteiger partial charge in [0.05, 0.1) is 10.3 Å². The molecule has 6 nitrogen and oxygen atoms in total.